The molecule has 0 aliphatic carbocycles. The summed E-state index contributed by atoms with van der Waals surface area (Å²) in [5.41, 5.74) is 0.467. The van der Waals surface area contributed by atoms with Crippen molar-refractivity contribution in [1.29, 1.82) is 0 Å². The van der Waals surface area contributed by atoms with Crippen molar-refractivity contribution in [2.45, 2.75) is 0 Å². The van der Waals surface area contributed by atoms with E-state index in [0.717, 1.165) is 0 Å². The molecule has 98 valence electrons. The maximum Gasteiger partial charge on any atom is 0.258 e. The Kier molecular flexibility index (Phi) is 4.16. The van der Waals surface area contributed by atoms with Crippen LogP contribution in [0.5, 0.6) is 5.75 Å². The molecule has 0 fully saturated rings. The van der Waals surface area contributed by atoms with Crippen LogP contribution in [0, 0.1) is 5.82 Å². The third kappa shape index (κ3) is 2.93. The number of nitrogens with one attached hydrogen (secondary N) is 1. The average Bonchev–Trinajstić information content (AvgIpc) is 2.42. The molecule has 2 aromatic rings. The minimum Gasteiger partial charge on any atom is -0.495 e. The molecule has 0 heterocycles. The largest absolute Gasteiger partial charge is 0.495 e. The Labute approximate surface area is 118 Å². The molecular weight excluding hydrogens is 313 g/mol. The Morgan fingerprint density at radius 2 is 1.95 bits per heavy atom. The predicted molar refractivity (Wildman–Crippen MR) is 75.0 cm³/mol. The molecule has 3 nitrogen and oxygen atoms in total. The Morgan fingerprint density at radius 1 is 1.21 bits per heavy atom. The van der Waals surface area contributed by atoms with Gasteiger partial charge in [0.15, 0.2) is 0 Å². The van der Waals surface area contributed by atoms with Gasteiger partial charge in [-0.15, -0.1) is 0 Å². The van der Waals surface area contributed by atoms with E-state index in [1.165, 1.54) is 19.2 Å². The molecule has 1 N–H and O–H groups in total. The van der Waals surface area contributed by atoms with Gasteiger partial charge in [0, 0.05) is 0 Å². The number of hydrogen-bond acceptors (Lipinski definition) is 2. The minimum atomic E-state index is -0.588. The fourth-order valence-electron chi connectivity index (χ4n) is 1.62. The minimum absolute atomic E-state index is 0.0275. The Hall–Kier alpha value is -1.88. The third-order valence-corrected chi connectivity index (χ3v) is 3.16. The Bertz CT molecular complexity index is 616. The van der Waals surface area contributed by atoms with Gasteiger partial charge in [-0.3, -0.25) is 4.79 Å². The predicted octanol–water partition coefficient (Wildman–Crippen LogP) is 3.85. The van der Waals surface area contributed by atoms with Gasteiger partial charge >= 0.3 is 0 Å². The normalized spacial score (nSPS) is 10.1. The molecule has 1 amide bonds. The molecule has 0 radical (unpaired) electrons. The Morgan fingerprint density at radius 3 is 2.68 bits per heavy atom. The molecule has 2 aromatic carbocycles. The van der Waals surface area contributed by atoms with Gasteiger partial charge in [0.2, 0.25) is 0 Å². The fourth-order valence-corrected chi connectivity index (χ4v) is 1.98. The lowest BCUT2D eigenvalue weighted by Crippen LogP contribution is -2.14. The van der Waals surface area contributed by atoms with Crippen molar-refractivity contribution in [3.05, 3.63) is 58.3 Å². The van der Waals surface area contributed by atoms with Gasteiger partial charge in [0.25, 0.3) is 5.91 Å². The standard InChI is InChI=1S/C14H11BrFNO2/c1-19-12-8-3-2-7-11(12)17-14(18)9-5-4-6-10(15)13(9)16/h2-8H,1H3,(H,17,18). The summed E-state index contributed by atoms with van der Waals surface area (Å²) in [5.74, 6) is -0.593. The summed E-state index contributed by atoms with van der Waals surface area (Å²) < 4.78 is 19.2. The lowest BCUT2D eigenvalue weighted by atomic mass is 10.2. The van der Waals surface area contributed by atoms with Crippen molar-refractivity contribution >= 4 is 27.5 Å². The highest BCUT2D eigenvalue weighted by Crippen LogP contribution is 2.25. The summed E-state index contributed by atoms with van der Waals surface area (Å²) in [6.07, 6.45) is 0. The second-order valence-electron chi connectivity index (χ2n) is 3.76. The number of carbonyl (C=O) groups is 1. The lowest BCUT2D eigenvalue weighted by Gasteiger charge is -2.10. The van der Waals surface area contributed by atoms with Gasteiger partial charge in [-0.1, -0.05) is 18.2 Å². The highest BCUT2D eigenvalue weighted by molar-refractivity contribution is 9.10. The first-order valence-corrected chi connectivity index (χ1v) is 6.31. The molecule has 2 rings (SSSR count). The van der Waals surface area contributed by atoms with E-state index < -0.39 is 11.7 Å². The zero-order valence-electron chi connectivity index (χ0n) is 10.1. The molecule has 0 unspecified atom stereocenters. The summed E-state index contributed by atoms with van der Waals surface area (Å²) >= 11 is 3.05. The SMILES string of the molecule is COc1ccccc1NC(=O)c1cccc(Br)c1F. The van der Waals surface area contributed by atoms with Gasteiger partial charge in [-0.05, 0) is 40.2 Å². The van der Waals surface area contributed by atoms with Crippen LogP contribution in [0.25, 0.3) is 0 Å². The second kappa shape index (κ2) is 5.84. The van der Waals surface area contributed by atoms with Crippen molar-refractivity contribution in [3.63, 3.8) is 0 Å². The van der Waals surface area contributed by atoms with Crippen LogP contribution in [0.1, 0.15) is 10.4 Å². The first-order valence-electron chi connectivity index (χ1n) is 5.52. The monoisotopic (exact) mass is 323 g/mol. The van der Waals surface area contributed by atoms with Crippen molar-refractivity contribution in [3.8, 4) is 5.75 Å². The fraction of sp³-hybridized carbons (Fsp3) is 0.0714. The van der Waals surface area contributed by atoms with Gasteiger partial charge in [-0.2, -0.15) is 0 Å². The molecular formula is C14H11BrFNO2. The van der Waals surface area contributed by atoms with E-state index in [-0.39, 0.29) is 10.0 Å². The molecule has 0 saturated heterocycles. The van der Waals surface area contributed by atoms with Crippen LogP contribution in [0.4, 0.5) is 10.1 Å². The zero-order valence-corrected chi connectivity index (χ0v) is 11.7. The van der Waals surface area contributed by atoms with Gasteiger partial charge in [0.05, 0.1) is 22.8 Å². The van der Waals surface area contributed by atoms with Crippen molar-refractivity contribution < 1.29 is 13.9 Å². The molecule has 0 atom stereocenters. The number of rotatable bonds is 3. The van der Waals surface area contributed by atoms with Crippen LogP contribution in [0.3, 0.4) is 0 Å². The highest BCUT2D eigenvalue weighted by Gasteiger charge is 2.15. The van der Waals surface area contributed by atoms with Crippen molar-refractivity contribution in [2.24, 2.45) is 0 Å². The van der Waals surface area contributed by atoms with Crippen LogP contribution >= 0.6 is 15.9 Å². The van der Waals surface area contributed by atoms with Gasteiger partial charge in [0.1, 0.15) is 11.6 Å². The van der Waals surface area contributed by atoms with E-state index >= 15 is 0 Å². The van der Waals surface area contributed by atoms with Crippen LogP contribution in [0.2, 0.25) is 0 Å². The summed E-state index contributed by atoms with van der Waals surface area (Å²) in [6.45, 7) is 0. The smallest absolute Gasteiger partial charge is 0.258 e. The highest BCUT2D eigenvalue weighted by atomic mass is 79.9. The quantitative estimate of drug-likeness (QED) is 0.931. The molecule has 0 aliphatic rings. The average molecular weight is 324 g/mol. The number of methoxy groups -OCH3 is 1. The van der Waals surface area contributed by atoms with Crippen molar-refractivity contribution in [2.75, 3.05) is 12.4 Å². The first kappa shape index (κ1) is 13.5. The van der Waals surface area contributed by atoms with E-state index in [0.29, 0.717) is 11.4 Å². The van der Waals surface area contributed by atoms with Crippen LogP contribution in [0.15, 0.2) is 46.9 Å². The molecule has 0 aromatic heterocycles. The van der Waals surface area contributed by atoms with Crippen LogP contribution < -0.4 is 10.1 Å². The van der Waals surface area contributed by atoms with E-state index in [4.69, 9.17) is 4.74 Å². The Balaban J connectivity index is 2.28. The van der Waals surface area contributed by atoms with Crippen LogP contribution in [-0.4, -0.2) is 13.0 Å². The zero-order chi connectivity index (χ0) is 13.8. The maximum atomic E-state index is 13.8. The number of anilines is 1. The van der Waals surface area contributed by atoms with Gasteiger partial charge in [-0.25, -0.2) is 4.39 Å². The molecule has 5 heteroatoms. The number of hydrogen-bond donors (Lipinski definition) is 1. The number of benzene rings is 2. The molecule has 0 saturated carbocycles. The maximum absolute atomic E-state index is 13.8. The third-order valence-electron chi connectivity index (χ3n) is 2.55. The topological polar surface area (TPSA) is 38.3 Å². The number of ether oxygens (including phenoxy) is 1. The van der Waals surface area contributed by atoms with E-state index in [1.807, 2.05) is 0 Å². The summed E-state index contributed by atoms with van der Waals surface area (Å²) in [6, 6.07) is 11.5. The summed E-state index contributed by atoms with van der Waals surface area (Å²) in [4.78, 5) is 12.0. The van der Waals surface area contributed by atoms with Gasteiger partial charge < -0.3 is 10.1 Å². The second-order valence-corrected chi connectivity index (χ2v) is 4.61. The van der Waals surface area contributed by atoms with Crippen molar-refractivity contribution in [1.82, 2.24) is 0 Å². The number of halogens is 2. The van der Waals surface area contributed by atoms with E-state index in [2.05, 4.69) is 21.2 Å². The number of carbonyl (C=O) groups excluding carboxylic acids is 1. The number of para-hydroxylation sites is 2. The van der Waals surface area contributed by atoms with E-state index in [1.54, 1.807) is 30.3 Å². The van der Waals surface area contributed by atoms with E-state index in [9.17, 15) is 9.18 Å². The number of amides is 1. The molecule has 19 heavy (non-hydrogen) atoms. The molecule has 0 bridgehead atoms. The van der Waals surface area contributed by atoms with Crippen LogP contribution in [-0.2, 0) is 0 Å². The summed E-state index contributed by atoms with van der Waals surface area (Å²) in [5, 5.41) is 2.62. The molecule has 0 aliphatic heterocycles. The first-order chi connectivity index (χ1) is 9.13. The lowest BCUT2D eigenvalue weighted by molar-refractivity contribution is 0.102. The molecule has 0 spiro atoms. The summed E-state index contributed by atoms with van der Waals surface area (Å²) in [7, 11) is 1.50.